The van der Waals surface area contributed by atoms with Gasteiger partial charge < -0.3 is 15.3 Å². The number of amides is 2. The molecule has 1 unspecified atom stereocenters. The predicted molar refractivity (Wildman–Crippen MR) is 98.6 cm³/mol. The van der Waals surface area contributed by atoms with Crippen molar-refractivity contribution in [1.82, 2.24) is 15.2 Å². The second kappa shape index (κ2) is 8.44. The standard InChI is InChI=1S/C20H21N3O4/c24-18(15-6-2-1-3-7-15)22-12-14-5-4-10-23(13-14)19(25)16-8-9-21-17(11-16)20(26)27/h1-3,6-9,11,14H,4-5,10,12-13H2,(H,22,24)(H,26,27). The predicted octanol–water partition coefficient (Wildman–Crippen LogP) is 2.06. The maximum Gasteiger partial charge on any atom is 0.354 e. The molecule has 1 saturated heterocycles. The Kier molecular flexibility index (Phi) is 5.80. The highest BCUT2D eigenvalue weighted by molar-refractivity contribution is 5.96. The molecule has 2 heterocycles. The van der Waals surface area contributed by atoms with Gasteiger partial charge in [0, 0.05) is 37.0 Å². The largest absolute Gasteiger partial charge is 0.477 e. The third-order valence-electron chi connectivity index (χ3n) is 4.62. The summed E-state index contributed by atoms with van der Waals surface area (Å²) in [6, 6.07) is 11.8. The molecule has 1 aromatic carbocycles. The van der Waals surface area contributed by atoms with Crippen LogP contribution in [0.5, 0.6) is 0 Å². The lowest BCUT2D eigenvalue weighted by Crippen LogP contribution is -2.43. The van der Waals surface area contributed by atoms with E-state index in [1.165, 1.54) is 18.3 Å². The third-order valence-corrected chi connectivity index (χ3v) is 4.62. The Labute approximate surface area is 157 Å². The van der Waals surface area contributed by atoms with Crippen LogP contribution in [0, 0.1) is 5.92 Å². The van der Waals surface area contributed by atoms with Crippen molar-refractivity contribution in [2.75, 3.05) is 19.6 Å². The third kappa shape index (κ3) is 4.69. The van der Waals surface area contributed by atoms with Crippen LogP contribution in [0.4, 0.5) is 0 Å². The molecule has 0 spiro atoms. The Hall–Kier alpha value is -3.22. The number of rotatable bonds is 5. The number of carboxylic acids is 1. The molecule has 7 nitrogen and oxygen atoms in total. The molecule has 1 aromatic heterocycles. The molecule has 1 atom stereocenters. The van der Waals surface area contributed by atoms with Crippen molar-refractivity contribution >= 4 is 17.8 Å². The fourth-order valence-electron chi connectivity index (χ4n) is 3.21. The van der Waals surface area contributed by atoms with Gasteiger partial charge in [0.1, 0.15) is 5.69 Å². The van der Waals surface area contributed by atoms with E-state index in [4.69, 9.17) is 5.11 Å². The molecule has 0 saturated carbocycles. The molecule has 0 radical (unpaired) electrons. The first kappa shape index (κ1) is 18.6. The van der Waals surface area contributed by atoms with Crippen LogP contribution in [0.1, 0.15) is 44.0 Å². The summed E-state index contributed by atoms with van der Waals surface area (Å²) in [5.74, 6) is -1.33. The number of carbonyl (C=O) groups excluding carboxylic acids is 2. The zero-order chi connectivity index (χ0) is 19.2. The van der Waals surface area contributed by atoms with Crippen LogP contribution < -0.4 is 5.32 Å². The van der Waals surface area contributed by atoms with Gasteiger partial charge in [0.25, 0.3) is 11.8 Å². The average molecular weight is 367 g/mol. The maximum absolute atomic E-state index is 12.7. The lowest BCUT2D eigenvalue weighted by molar-refractivity contribution is 0.0670. The lowest BCUT2D eigenvalue weighted by atomic mass is 9.97. The first-order valence-electron chi connectivity index (χ1n) is 8.86. The monoisotopic (exact) mass is 367 g/mol. The number of benzene rings is 1. The number of aromatic nitrogens is 1. The van der Waals surface area contributed by atoms with Crippen LogP contribution in [0.25, 0.3) is 0 Å². The van der Waals surface area contributed by atoms with Gasteiger partial charge in [-0.15, -0.1) is 0 Å². The zero-order valence-electron chi connectivity index (χ0n) is 14.8. The van der Waals surface area contributed by atoms with Crippen molar-refractivity contribution < 1.29 is 19.5 Å². The maximum atomic E-state index is 12.7. The highest BCUT2D eigenvalue weighted by atomic mass is 16.4. The van der Waals surface area contributed by atoms with Crippen molar-refractivity contribution in [2.45, 2.75) is 12.8 Å². The summed E-state index contributed by atoms with van der Waals surface area (Å²) >= 11 is 0. The van der Waals surface area contributed by atoms with E-state index >= 15 is 0 Å². The van der Waals surface area contributed by atoms with Gasteiger partial charge in [-0.05, 0) is 43.0 Å². The van der Waals surface area contributed by atoms with Crippen molar-refractivity contribution in [3.63, 3.8) is 0 Å². The van der Waals surface area contributed by atoms with E-state index in [1.54, 1.807) is 17.0 Å². The van der Waals surface area contributed by atoms with Crippen molar-refractivity contribution in [1.29, 1.82) is 0 Å². The van der Waals surface area contributed by atoms with Gasteiger partial charge in [0.2, 0.25) is 0 Å². The van der Waals surface area contributed by atoms with Crippen molar-refractivity contribution in [3.05, 3.63) is 65.5 Å². The Bertz CT molecular complexity index is 838. The van der Waals surface area contributed by atoms with Gasteiger partial charge in [0.15, 0.2) is 0 Å². The number of hydrogen-bond donors (Lipinski definition) is 2. The van der Waals surface area contributed by atoms with Crippen LogP contribution >= 0.6 is 0 Å². The van der Waals surface area contributed by atoms with E-state index < -0.39 is 5.97 Å². The number of likely N-dealkylation sites (tertiary alicyclic amines) is 1. The minimum atomic E-state index is -1.16. The fraction of sp³-hybridized carbons (Fsp3) is 0.300. The first-order chi connectivity index (χ1) is 13.0. The van der Waals surface area contributed by atoms with E-state index in [1.807, 2.05) is 18.2 Å². The fourth-order valence-corrected chi connectivity index (χ4v) is 3.21. The van der Waals surface area contributed by atoms with Gasteiger partial charge in [-0.1, -0.05) is 18.2 Å². The Balaban J connectivity index is 1.59. The van der Waals surface area contributed by atoms with Gasteiger partial charge in [0.05, 0.1) is 0 Å². The average Bonchev–Trinajstić information content (AvgIpc) is 2.72. The molecule has 2 aromatic rings. The summed E-state index contributed by atoms with van der Waals surface area (Å²) in [5, 5.41) is 12.0. The van der Waals surface area contributed by atoms with Crippen molar-refractivity contribution in [2.24, 2.45) is 5.92 Å². The summed E-state index contributed by atoms with van der Waals surface area (Å²) in [5.41, 5.74) is 0.778. The molecular formula is C20H21N3O4. The van der Waals surface area contributed by atoms with Gasteiger partial charge in [-0.3, -0.25) is 9.59 Å². The van der Waals surface area contributed by atoms with Gasteiger partial charge >= 0.3 is 5.97 Å². The number of aromatic carboxylic acids is 1. The molecule has 0 aliphatic carbocycles. The number of pyridine rings is 1. The molecule has 3 rings (SSSR count). The van der Waals surface area contributed by atoms with Crippen LogP contribution in [-0.4, -0.2) is 52.4 Å². The molecule has 1 aliphatic rings. The van der Waals surface area contributed by atoms with E-state index in [2.05, 4.69) is 10.3 Å². The normalized spacial score (nSPS) is 16.6. The number of carbonyl (C=O) groups is 3. The summed E-state index contributed by atoms with van der Waals surface area (Å²) in [7, 11) is 0. The topological polar surface area (TPSA) is 99.6 Å². The number of nitrogens with zero attached hydrogens (tertiary/aromatic N) is 2. The summed E-state index contributed by atoms with van der Waals surface area (Å²) in [6.45, 7) is 1.64. The molecule has 27 heavy (non-hydrogen) atoms. The second-order valence-electron chi connectivity index (χ2n) is 6.57. The number of carboxylic acid groups (broad SMARTS) is 1. The number of piperidine rings is 1. The highest BCUT2D eigenvalue weighted by Crippen LogP contribution is 2.18. The minimum Gasteiger partial charge on any atom is -0.477 e. The van der Waals surface area contributed by atoms with E-state index in [0.717, 1.165) is 12.8 Å². The SMILES string of the molecule is O=C(NCC1CCCN(C(=O)c2ccnc(C(=O)O)c2)C1)c1ccccc1. The van der Waals surface area contributed by atoms with Crippen LogP contribution in [0.3, 0.4) is 0 Å². The molecule has 7 heteroatoms. The van der Waals surface area contributed by atoms with E-state index in [0.29, 0.717) is 30.8 Å². The lowest BCUT2D eigenvalue weighted by Gasteiger charge is -2.33. The molecule has 2 amide bonds. The van der Waals surface area contributed by atoms with Crippen LogP contribution in [0.2, 0.25) is 0 Å². The smallest absolute Gasteiger partial charge is 0.354 e. The number of hydrogen-bond acceptors (Lipinski definition) is 4. The Morgan fingerprint density at radius 3 is 2.67 bits per heavy atom. The minimum absolute atomic E-state index is 0.126. The second-order valence-corrected chi connectivity index (χ2v) is 6.57. The van der Waals surface area contributed by atoms with Gasteiger partial charge in [-0.2, -0.15) is 0 Å². The quantitative estimate of drug-likeness (QED) is 0.843. The molecule has 1 aliphatic heterocycles. The van der Waals surface area contributed by atoms with E-state index in [9.17, 15) is 14.4 Å². The highest BCUT2D eigenvalue weighted by Gasteiger charge is 2.25. The first-order valence-corrected chi connectivity index (χ1v) is 8.86. The molecule has 140 valence electrons. The molecule has 2 N–H and O–H groups in total. The Morgan fingerprint density at radius 2 is 1.93 bits per heavy atom. The molecule has 0 bridgehead atoms. The summed E-state index contributed by atoms with van der Waals surface area (Å²) in [4.78, 5) is 41.4. The summed E-state index contributed by atoms with van der Waals surface area (Å²) < 4.78 is 0. The zero-order valence-corrected chi connectivity index (χ0v) is 14.8. The van der Waals surface area contributed by atoms with Crippen LogP contribution in [-0.2, 0) is 0 Å². The molecule has 1 fully saturated rings. The van der Waals surface area contributed by atoms with Crippen LogP contribution in [0.15, 0.2) is 48.7 Å². The summed E-state index contributed by atoms with van der Waals surface area (Å²) in [6.07, 6.45) is 3.10. The van der Waals surface area contributed by atoms with Crippen molar-refractivity contribution in [3.8, 4) is 0 Å². The van der Waals surface area contributed by atoms with E-state index in [-0.39, 0.29) is 23.4 Å². The number of nitrogens with one attached hydrogen (secondary N) is 1. The molecular weight excluding hydrogens is 346 g/mol. The Morgan fingerprint density at radius 1 is 1.15 bits per heavy atom. The van der Waals surface area contributed by atoms with Gasteiger partial charge in [-0.25, -0.2) is 9.78 Å².